The van der Waals surface area contributed by atoms with Gasteiger partial charge in [0.1, 0.15) is 5.82 Å². The monoisotopic (exact) mass is 345 g/mol. The summed E-state index contributed by atoms with van der Waals surface area (Å²) in [5, 5.41) is 3.96. The van der Waals surface area contributed by atoms with Crippen molar-refractivity contribution in [3.63, 3.8) is 0 Å². The summed E-state index contributed by atoms with van der Waals surface area (Å²) in [6, 6.07) is 8.41. The molecular weight excluding hydrogens is 333 g/mol. The van der Waals surface area contributed by atoms with E-state index in [9.17, 15) is 8.42 Å². The third-order valence-electron chi connectivity index (χ3n) is 2.61. The number of halogens is 2. The van der Waals surface area contributed by atoms with E-state index in [0.29, 0.717) is 21.6 Å². The molecule has 8 heteroatoms. The molecule has 0 bridgehead atoms. The van der Waals surface area contributed by atoms with Crippen molar-refractivity contribution in [2.75, 3.05) is 15.8 Å². The van der Waals surface area contributed by atoms with Gasteiger partial charge in [-0.2, -0.15) is 0 Å². The maximum absolute atomic E-state index is 11.4. The van der Waals surface area contributed by atoms with Crippen LogP contribution in [0.3, 0.4) is 0 Å². The number of anilines is 3. The average Bonchev–Trinajstić information content (AvgIpc) is 2.45. The van der Waals surface area contributed by atoms with Crippen LogP contribution in [-0.4, -0.2) is 19.2 Å². The van der Waals surface area contributed by atoms with Gasteiger partial charge in [-0.25, -0.2) is 13.4 Å². The number of hydrogen-bond donors (Lipinski definition) is 2. The Hall–Kier alpha value is -1.50. The van der Waals surface area contributed by atoms with Crippen LogP contribution in [-0.2, 0) is 10.0 Å². The maximum atomic E-state index is 11.4. The molecule has 2 aromatic rings. The first-order chi connectivity index (χ1) is 9.89. The van der Waals surface area contributed by atoms with Crippen LogP contribution in [0, 0.1) is 0 Å². The van der Waals surface area contributed by atoms with E-state index in [-0.39, 0.29) is 5.75 Å². The molecule has 21 heavy (non-hydrogen) atoms. The van der Waals surface area contributed by atoms with Gasteiger partial charge in [0.05, 0.1) is 27.7 Å². The molecule has 0 fully saturated rings. The molecule has 0 unspecified atom stereocenters. The Kier molecular flexibility index (Phi) is 4.92. The van der Waals surface area contributed by atoms with Crippen molar-refractivity contribution >= 4 is 50.4 Å². The molecule has 0 saturated heterocycles. The van der Waals surface area contributed by atoms with Gasteiger partial charge in [-0.15, -0.1) is 0 Å². The fraction of sp³-hybridized carbons (Fsp3) is 0.154. The van der Waals surface area contributed by atoms with E-state index >= 15 is 0 Å². The number of pyridine rings is 1. The molecule has 5 nitrogen and oxygen atoms in total. The van der Waals surface area contributed by atoms with Gasteiger partial charge in [0, 0.05) is 5.69 Å². The third-order valence-corrected chi connectivity index (χ3v) is 4.65. The zero-order valence-corrected chi connectivity index (χ0v) is 13.4. The Morgan fingerprint density at radius 2 is 1.81 bits per heavy atom. The third kappa shape index (κ3) is 4.49. The average molecular weight is 346 g/mol. The summed E-state index contributed by atoms with van der Waals surface area (Å²) in [6.07, 6.45) is 1.44. The first kappa shape index (κ1) is 15.9. The quantitative estimate of drug-likeness (QED) is 0.862. The van der Waals surface area contributed by atoms with Crippen LogP contribution in [0.1, 0.15) is 6.92 Å². The molecule has 112 valence electrons. The first-order valence-corrected chi connectivity index (χ1v) is 8.49. The van der Waals surface area contributed by atoms with Crippen LogP contribution in [0.4, 0.5) is 17.2 Å². The van der Waals surface area contributed by atoms with Crippen LogP contribution in [0.25, 0.3) is 0 Å². The second-order valence-corrected chi connectivity index (χ2v) is 7.02. The minimum atomic E-state index is -3.30. The fourth-order valence-electron chi connectivity index (χ4n) is 1.50. The van der Waals surface area contributed by atoms with E-state index in [0.717, 1.165) is 5.69 Å². The number of aromatic nitrogens is 1. The van der Waals surface area contributed by atoms with Gasteiger partial charge in [-0.3, -0.25) is 4.72 Å². The molecule has 0 spiro atoms. The molecule has 1 aromatic carbocycles. The van der Waals surface area contributed by atoms with Crippen LogP contribution >= 0.6 is 23.2 Å². The van der Waals surface area contributed by atoms with Crippen molar-refractivity contribution in [3.8, 4) is 0 Å². The molecule has 0 amide bonds. The normalized spacial score (nSPS) is 11.2. The van der Waals surface area contributed by atoms with E-state index in [2.05, 4.69) is 15.0 Å². The number of sulfonamides is 1. The lowest BCUT2D eigenvalue weighted by molar-refractivity contribution is 0.602. The SMILES string of the molecule is CCS(=O)(=O)Nc1ccc(Nc2ccc(Cl)c(Cl)c2)nc1. The lowest BCUT2D eigenvalue weighted by atomic mass is 10.3. The summed E-state index contributed by atoms with van der Waals surface area (Å²) in [5.41, 5.74) is 1.15. The summed E-state index contributed by atoms with van der Waals surface area (Å²) in [5.74, 6) is 0.573. The van der Waals surface area contributed by atoms with Crippen LogP contribution in [0.15, 0.2) is 36.5 Å². The van der Waals surface area contributed by atoms with Crippen molar-refractivity contribution in [1.29, 1.82) is 0 Å². The predicted octanol–water partition coefficient (Wildman–Crippen LogP) is 3.89. The fourth-order valence-corrected chi connectivity index (χ4v) is 2.42. The highest BCUT2D eigenvalue weighted by Gasteiger charge is 2.07. The summed E-state index contributed by atoms with van der Waals surface area (Å²) in [7, 11) is -3.30. The Morgan fingerprint density at radius 3 is 2.38 bits per heavy atom. The number of hydrogen-bond acceptors (Lipinski definition) is 4. The Balaban J connectivity index is 2.10. The minimum absolute atomic E-state index is 0.0102. The smallest absolute Gasteiger partial charge is 0.232 e. The lowest BCUT2D eigenvalue weighted by Crippen LogP contribution is -2.14. The van der Waals surface area contributed by atoms with Gasteiger partial charge in [0.15, 0.2) is 0 Å². The second-order valence-electron chi connectivity index (χ2n) is 4.19. The van der Waals surface area contributed by atoms with Gasteiger partial charge in [0.25, 0.3) is 0 Å². The predicted molar refractivity (Wildman–Crippen MR) is 87.1 cm³/mol. The van der Waals surface area contributed by atoms with Crippen LogP contribution in [0.2, 0.25) is 10.0 Å². The van der Waals surface area contributed by atoms with Gasteiger partial charge in [-0.1, -0.05) is 23.2 Å². The van der Waals surface area contributed by atoms with Gasteiger partial charge in [-0.05, 0) is 37.3 Å². The molecule has 0 aliphatic heterocycles. The molecule has 0 atom stereocenters. The van der Waals surface area contributed by atoms with Crippen LogP contribution in [0.5, 0.6) is 0 Å². The Labute approximate surface area is 133 Å². The number of rotatable bonds is 5. The molecule has 2 N–H and O–H groups in total. The first-order valence-electron chi connectivity index (χ1n) is 6.08. The number of nitrogens with zero attached hydrogens (tertiary/aromatic N) is 1. The van der Waals surface area contributed by atoms with E-state index in [1.165, 1.54) is 6.20 Å². The summed E-state index contributed by atoms with van der Waals surface area (Å²) in [6.45, 7) is 1.57. The number of nitrogens with one attached hydrogen (secondary N) is 2. The van der Waals surface area contributed by atoms with E-state index in [1.54, 1.807) is 37.3 Å². The molecule has 1 heterocycles. The maximum Gasteiger partial charge on any atom is 0.232 e. The highest BCUT2D eigenvalue weighted by molar-refractivity contribution is 7.92. The summed E-state index contributed by atoms with van der Waals surface area (Å²) < 4.78 is 25.3. The molecular formula is C13H13Cl2N3O2S. The van der Waals surface area contributed by atoms with Crippen molar-refractivity contribution in [2.24, 2.45) is 0 Å². The number of benzene rings is 1. The van der Waals surface area contributed by atoms with Crippen molar-refractivity contribution in [2.45, 2.75) is 6.92 Å². The molecule has 2 rings (SSSR count). The van der Waals surface area contributed by atoms with Gasteiger partial charge in [0.2, 0.25) is 10.0 Å². The van der Waals surface area contributed by atoms with Crippen molar-refractivity contribution in [3.05, 3.63) is 46.6 Å². The van der Waals surface area contributed by atoms with E-state index in [1.807, 2.05) is 0 Å². The highest BCUT2D eigenvalue weighted by Crippen LogP contribution is 2.26. The summed E-state index contributed by atoms with van der Waals surface area (Å²) >= 11 is 11.8. The van der Waals surface area contributed by atoms with E-state index in [4.69, 9.17) is 23.2 Å². The van der Waals surface area contributed by atoms with Crippen LogP contribution < -0.4 is 10.0 Å². The van der Waals surface area contributed by atoms with Crippen molar-refractivity contribution < 1.29 is 8.42 Å². The zero-order chi connectivity index (χ0) is 15.5. The lowest BCUT2D eigenvalue weighted by Gasteiger charge is -2.09. The van der Waals surface area contributed by atoms with Gasteiger partial charge >= 0.3 is 0 Å². The Bertz CT molecular complexity index is 734. The minimum Gasteiger partial charge on any atom is -0.340 e. The zero-order valence-electron chi connectivity index (χ0n) is 11.1. The second kappa shape index (κ2) is 6.51. The topological polar surface area (TPSA) is 71.1 Å². The molecule has 0 saturated carbocycles. The summed E-state index contributed by atoms with van der Waals surface area (Å²) in [4.78, 5) is 4.13. The van der Waals surface area contributed by atoms with Gasteiger partial charge < -0.3 is 5.32 Å². The standard InChI is InChI=1S/C13H13Cl2N3O2S/c1-2-21(19,20)18-10-4-6-13(16-8-10)17-9-3-5-11(14)12(15)7-9/h3-8,18H,2H2,1H3,(H,16,17). The largest absolute Gasteiger partial charge is 0.340 e. The molecule has 0 aliphatic rings. The Morgan fingerprint density at radius 1 is 1.10 bits per heavy atom. The molecule has 0 radical (unpaired) electrons. The van der Waals surface area contributed by atoms with E-state index < -0.39 is 10.0 Å². The molecule has 1 aromatic heterocycles. The molecule has 0 aliphatic carbocycles. The van der Waals surface area contributed by atoms with Crippen molar-refractivity contribution in [1.82, 2.24) is 4.98 Å². The highest BCUT2D eigenvalue weighted by atomic mass is 35.5.